The molecular formula is C23H22Cl2N4O6S2. The van der Waals surface area contributed by atoms with Gasteiger partial charge in [-0.1, -0.05) is 28.4 Å². The molecule has 0 atom stereocenters. The predicted octanol–water partition coefficient (Wildman–Crippen LogP) is 4.39. The van der Waals surface area contributed by atoms with E-state index in [2.05, 4.69) is 9.88 Å². The number of nitrogens with zero attached hydrogens (tertiary/aromatic N) is 3. The van der Waals surface area contributed by atoms with Crippen LogP contribution in [0.1, 0.15) is 29.9 Å². The van der Waals surface area contributed by atoms with Gasteiger partial charge in [0.1, 0.15) is 27.0 Å². The van der Waals surface area contributed by atoms with E-state index in [0.717, 1.165) is 0 Å². The van der Waals surface area contributed by atoms with Crippen molar-refractivity contribution >= 4 is 43.2 Å². The Bertz CT molecular complexity index is 1550. The van der Waals surface area contributed by atoms with Crippen LogP contribution in [0.15, 0.2) is 50.7 Å². The Hall–Kier alpha value is -2.66. The minimum Gasteiger partial charge on any atom is -0.456 e. The number of hydrogen-bond acceptors (Lipinski definition) is 8. The van der Waals surface area contributed by atoms with Crippen LogP contribution in [0.2, 0.25) is 10.0 Å². The number of rotatable bonds is 7. The van der Waals surface area contributed by atoms with Gasteiger partial charge in [0.25, 0.3) is 0 Å². The third-order valence-corrected chi connectivity index (χ3v) is 9.89. The van der Waals surface area contributed by atoms with Crippen molar-refractivity contribution in [3.8, 4) is 17.6 Å². The van der Waals surface area contributed by atoms with Crippen LogP contribution in [0.4, 0.5) is 0 Å². The lowest BCUT2D eigenvalue weighted by atomic mass is 10.1. The Morgan fingerprint density at radius 2 is 1.73 bits per heavy atom. The first kappa shape index (κ1) is 27.4. The highest BCUT2D eigenvalue weighted by Crippen LogP contribution is 2.35. The highest BCUT2D eigenvalue weighted by Gasteiger charge is 2.34. The fourth-order valence-corrected chi connectivity index (χ4v) is 7.82. The standard InChI is InChI=1S/C23H22Cl2N4O6S2/c1-14-23(15(2)35-27-14)36(30,31)28-19-5-7-29(8-6-19)37(32,33)22-9-16(13-26)3-4-21(22)34-20-11-17(24)10-18(25)12-20/h3-4,9-12,19,28H,5-8H2,1-2H3. The SMILES string of the molecule is Cc1noc(C)c1S(=O)(=O)NC1CCN(S(=O)(=O)c2cc(C#N)ccc2Oc2cc(Cl)cc(Cl)c2)CC1. The molecule has 0 amide bonds. The molecule has 37 heavy (non-hydrogen) atoms. The van der Waals surface area contributed by atoms with Crippen molar-refractivity contribution in [2.24, 2.45) is 0 Å². The number of aryl methyl sites for hydroxylation is 2. The zero-order valence-electron chi connectivity index (χ0n) is 19.7. The second kappa shape index (κ2) is 10.6. The van der Waals surface area contributed by atoms with Gasteiger partial charge in [-0.2, -0.15) is 9.57 Å². The number of piperidine rings is 1. The topological polar surface area (TPSA) is 143 Å². The second-order valence-corrected chi connectivity index (χ2v) is 12.9. The summed E-state index contributed by atoms with van der Waals surface area (Å²) >= 11 is 12.1. The van der Waals surface area contributed by atoms with Gasteiger partial charge >= 0.3 is 0 Å². The van der Waals surface area contributed by atoms with E-state index in [1.807, 2.05) is 6.07 Å². The van der Waals surface area contributed by atoms with Crippen molar-refractivity contribution < 1.29 is 26.1 Å². The first-order chi connectivity index (χ1) is 17.4. The lowest BCUT2D eigenvalue weighted by molar-refractivity contribution is 0.307. The van der Waals surface area contributed by atoms with Crippen molar-refractivity contribution in [3.05, 3.63) is 63.5 Å². The van der Waals surface area contributed by atoms with Gasteiger partial charge in [-0.3, -0.25) is 0 Å². The molecule has 0 bridgehead atoms. The zero-order valence-corrected chi connectivity index (χ0v) is 22.9. The summed E-state index contributed by atoms with van der Waals surface area (Å²) in [6.07, 6.45) is 0.472. The Morgan fingerprint density at radius 3 is 2.30 bits per heavy atom. The summed E-state index contributed by atoms with van der Waals surface area (Å²) in [7, 11) is -7.99. The molecular weight excluding hydrogens is 563 g/mol. The van der Waals surface area contributed by atoms with Gasteiger partial charge in [-0.15, -0.1) is 0 Å². The molecule has 1 aromatic heterocycles. The first-order valence-corrected chi connectivity index (χ1v) is 14.7. The largest absolute Gasteiger partial charge is 0.456 e. The van der Waals surface area contributed by atoms with Gasteiger partial charge in [-0.05, 0) is 63.1 Å². The fourth-order valence-electron chi connectivity index (χ4n) is 4.07. The van der Waals surface area contributed by atoms with E-state index >= 15 is 0 Å². The molecule has 10 nitrogen and oxygen atoms in total. The summed E-state index contributed by atoms with van der Waals surface area (Å²) in [4.78, 5) is -0.212. The molecule has 4 rings (SSSR count). The fraction of sp³-hybridized carbons (Fsp3) is 0.304. The first-order valence-electron chi connectivity index (χ1n) is 11.0. The lowest BCUT2D eigenvalue weighted by Crippen LogP contribution is -2.46. The zero-order chi connectivity index (χ0) is 27.0. The molecule has 196 valence electrons. The number of hydrogen-bond donors (Lipinski definition) is 1. The van der Waals surface area contributed by atoms with E-state index in [4.69, 9.17) is 32.5 Å². The molecule has 1 fully saturated rings. The van der Waals surface area contributed by atoms with Gasteiger partial charge in [0.2, 0.25) is 20.0 Å². The number of halogens is 2. The molecule has 0 spiro atoms. The predicted molar refractivity (Wildman–Crippen MR) is 136 cm³/mol. The average molecular weight is 585 g/mol. The number of sulfonamides is 2. The molecule has 2 heterocycles. The maximum atomic E-state index is 13.6. The Balaban J connectivity index is 1.55. The second-order valence-electron chi connectivity index (χ2n) is 8.43. The molecule has 0 unspecified atom stereocenters. The molecule has 1 aliphatic rings. The minimum atomic E-state index is -4.10. The van der Waals surface area contributed by atoms with Crippen LogP contribution in [-0.4, -0.2) is 45.4 Å². The van der Waals surface area contributed by atoms with E-state index in [9.17, 15) is 22.1 Å². The molecule has 1 N–H and O–H groups in total. The van der Waals surface area contributed by atoms with Crippen LogP contribution in [0, 0.1) is 25.2 Å². The number of nitrogens with one attached hydrogen (secondary N) is 1. The van der Waals surface area contributed by atoms with Crippen LogP contribution in [0.25, 0.3) is 0 Å². The third kappa shape index (κ3) is 5.93. The molecule has 3 aromatic rings. The number of nitriles is 1. The summed E-state index contributed by atoms with van der Waals surface area (Å²) < 4.78 is 67.5. The van der Waals surface area contributed by atoms with E-state index in [1.165, 1.54) is 54.6 Å². The lowest BCUT2D eigenvalue weighted by Gasteiger charge is -2.31. The maximum absolute atomic E-state index is 13.6. The van der Waals surface area contributed by atoms with E-state index in [-0.39, 0.29) is 64.2 Å². The van der Waals surface area contributed by atoms with Crippen molar-refractivity contribution in [2.75, 3.05) is 13.1 Å². The van der Waals surface area contributed by atoms with Crippen LogP contribution in [0.3, 0.4) is 0 Å². The summed E-state index contributed by atoms with van der Waals surface area (Å²) in [5.41, 5.74) is 0.382. The third-order valence-electron chi connectivity index (χ3n) is 5.77. The molecule has 1 aliphatic heterocycles. The van der Waals surface area contributed by atoms with Crippen LogP contribution >= 0.6 is 23.2 Å². The number of aromatic nitrogens is 1. The van der Waals surface area contributed by atoms with Crippen molar-refractivity contribution in [2.45, 2.75) is 42.5 Å². The maximum Gasteiger partial charge on any atom is 0.246 e. The Kier molecular flexibility index (Phi) is 7.85. The minimum absolute atomic E-state index is 0.00133. The summed E-state index contributed by atoms with van der Waals surface area (Å²) in [6, 6.07) is 10.0. The molecule has 0 radical (unpaired) electrons. The molecule has 2 aromatic carbocycles. The number of ether oxygens (including phenoxy) is 1. The highest BCUT2D eigenvalue weighted by molar-refractivity contribution is 7.89. The van der Waals surface area contributed by atoms with Crippen molar-refractivity contribution in [1.82, 2.24) is 14.2 Å². The van der Waals surface area contributed by atoms with Gasteiger partial charge < -0.3 is 9.26 Å². The van der Waals surface area contributed by atoms with Crippen LogP contribution < -0.4 is 9.46 Å². The molecule has 14 heteroatoms. The Morgan fingerprint density at radius 1 is 1.08 bits per heavy atom. The summed E-state index contributed by atoms with van der Waals surface area (Å²) in [6.45, 7) is 3.15. The smallest absolute Gasteiger partial charge is 0.246 e. The van der Waals surface area contributed by atoms with Gasteiger partial charge in [-0.25, -0.2) is 21.6 Å². The van der Waals surface area contributed by atoms with E-state index in [1.54, 1.807) is 0 Å². The van der Waals surface area contributed by atoms with E-state index in [0.29, 0.717) is 10.0 Å². The van der Waals surface area contributed by atoms with Crippen LogP contribution in [-0.2, 0) is 20.0 Å². The average Bonchev–Trinajstić information content (AvgIpc) is 3.17. The Labute approximate surface area is 224 Å². The number of benzene rings is 2. The summed E-state index contributed by atoms with van der Waals surface area (Å²) in [5, 5.41) is 13.6. The molecule has 0 aliphatic carbocycles. The van der Waals surface area contributed by atoms with E-state index < -0.39 is 26.1 Å². The highest BCUT2D eigenvalue weighted by atomic mass is 35.5. The monoisotopic (exact) mass is 584 g/mol. The molecule has 0 saturated carbocycles. The van der Waals surface area contributed by atoms with Gasteiger partial charge in [0, 0.05) is 29.2 Å². The normalized spacial score (nSPS) is 15.4. The van der Waals surface area contributed by atoms with Crippen molar-refractivity contribution in [1.29, 1.82) is 5.26 Å². The summed E-state index contributed by atoms with van der Waals surface area (Å²) in [5.74, 6) is 0.403. The van der Waals surface area contributed by atoms with Crippen LogP contribution in [0.5, 0.6) is 11.5 Å². The molecule has 1 saturated heterocycles. The van der Waals surface area contributed by atoms with Gasteiger partial charge in [0.05, 0.1) is 11.6 Å². The van der Waals surface area contributed by atoms with Crippen molar-refractivity contribution in [3.63, 3.8) is 0 Å². The quantitative estimate of drug-likeness (QED) is 0.430. The van der Waals surface area contributed by atoms with Gasteiger partial charge in [0.15, 0.2) is 5.76 Å².